The summed E-state index contributed by atoms with van der Waals surface area (Å²) in [6, 6.07) is 17.2. The lowest BCUT2D eigenvalue weighted by molar-refractivity contribution is -0.120. The highest BCUT2D eigenvalue weighted by atomic mass is 35.5. The Morgan fingerprint density at radius 2 is 1.57 bits per heavy atom. The number of sulfonamides is 1. The second-order valence-corrected chi connectivity index (χ2v) is 10.5. The maximum Gasteiger partial charge on any atom is 0.338 e. The molecule has 1 heterocycles. The first kappa shape index (κ1) is 28.5. The number of carbonyl (C=O) groups is 4. The standard InChI is InChI=1S/C27H23ClN4O7S/c1-2-14-39-27(36)17-4-3-5-20(15-17)32-25(34)22(28)23(26(32)35)30-18-8-6-16(7-9-18)24(33)31-19-10-12-21(13-11-19)40(29,37)38/h3-13,15,30H,2,14H2,1H3,(H,31,33)(H2,29,37,38). The molecule has 40 heavy (non-hydrogen) atoms. The zero-order chi connectivity index (χ0) is 29.0. The first-order valence-electron chi connectivity index (χ1n) is 11.9. The number of hydrogen-bond donors (Lipinski definition) is 3. The zero-order valence-corrected chi connectivity index (χ0v) is 22.6. The molecule has 1 aliphatic heterocycles. The third-order valence-electron chi connectivity index (χ3n) is 5.66. The summed E-state index contributed by atoms with van der Waals surface area (Å²) in [4.78, 5) is 51.5. The van der Waals surface area contributed by atoms with Crippen LogP contribution in [-0.2, 0) is 24.3 Å². The van der Waals surface area contributed by atoms with Crippen LogP contribution in [0.25, 0.3) is 0 Å². The maximum absolute atomic E-state index is 13.1. The van der Waals surface area contributed by atoms with Crippen molar-refractivity contribution in [2.45, 2.75) is 18.2 Å². The van der Waals surface area contributed by atoms with Crippen LogP contribution in [0.5, 0.6) is 0 Å². The number of nitrogens with one attached hydrogen (secondary N) is 2. The number of rotatable bonds is 9. The number of hydrogen-bond acceptors (Lipinski definition) is 8. The van der Waals surface area contributed by atoms with E-state index in [1.165, 1.54) is 72.8 Å². The molecular weight excluding hydrogens is 560 g/mol. The molecule has 4 N–H and O–H groups in total. The van der Waals surface area contributed by atoms with Gasteiger partial charge >= 0.3 is 5.97 Å². The number of imide groups is 1. The van der Waals surface area contributed by atoms with Gasteiger partial charge in [0.25, 0.3) is 17.7 Å². The van der Waals surface area contributed by atoms with Crippen molar-refractivity contribution in [2.24, 2.45) is 5.14 Å². The number of primary sulfonamides is 1. The smallest absolute Gasteiger partial charge is 0.338 e. The molecule has 3 aromatic rings. The lowest BCUT2D eigenvalue weighted by Crippen LogP contribution is -2.32. The van der Waals surface area contributed by atoms with E-state index in [1.54, 1.807) is 0 Å². The molecule has 0 atom stereocenters. The van der Waals surface area contributed by atoms with Gasteiger partial charge in [-0.2, -0.15) is 0 Å². The number of anilines is 3. The number of halogens is 1. The van der Waals surface area contributed by atoms with Gasteiger partial charge in [-0.15, -0.1) is 0 Å². The fourth-order valence-electron chi connectivity index (χ4n) is 3.68. The SMILES string of the molecule is CCCOC(=O)c1cccc(N2C(=O)C(Cl)=C(Nc3ccc(C(=O)Nc4ccc(S(N)(=O)=O)cc4)cc3)C2=O)c1. The molecule has 0 saturated carbocycles. The number of nitrogens with zero attached hydrogens (tertiary/aromatic N) is 1. The second kappa shape index (κ2) is 11.7. The number of esters is 1. The van der Waals surface area contributed by atoms with Crippen molar-refractivity contribution >= 4 is 62.4 Å². The number of benzene rings is 3. The van der Waals surface area contributed by atoms with Gasteiger partial charge in [0.15, 0.2) is 0 Å². The van der Waals surface area contributed by atoms with E-state index in [0.717, 1.165) is 4.90 Å². The van der Waals surface area contributed by atoms with Crippen LogP contribution in [0.1, 0.15) is 34.1 Å². The van der Waals surface area contributed by atoms with Crippen LogP contribution in [0, 0.1) is 0 Å². The molecule has 0 unspecified atom stereocenters. The third-order valence-corrected chi connectivity index (χ3v) is 6.94. The fraction of sp³-hybridized carbons (Fsp3) is 0.111. The first-order valence-corrected chi connectivity index (χ1v) is 13.8. The monoisotopic (exact) mass is 582 g/mol. The Balaban J connectivity index is 1.45. The zero-order valence-electron chi connectivity index (χ0n) is 21.0. The van der Waals surface area contributed by atoms with Crippen molar-refractivity contribution in [1.82, 2.24) is 0 Å². The van der Waals surface area contributed by atoms with Crippen LogP contribution in [0.15, 0.2) is 88.4 Å². The van der Waals surface area contributed by atoms with E-state index < -0.39 is 33.7 Å². The molecule has 3 aromatic carbocycles. The number of carbonyl (C=O) groups excluding carboxylic acids is 4. The molecule has 0 spiro atoms. The predicted molar refractivity (Wildman–Crippen MR) is 148 cm³/mol. The van der Waals surface area contributed by atoms with E-state index in [-0.39, 0.29) is 39.0 Å². The Kier molecular flexibility index (Phi) is 8.33. The van der Waals surface area contributed by atoms with Crippen molar-refractivity contribution < 1.29 is 32.3 Å². The molecule has 13 heteroatoms. The molecule has 1 aliphatic rings. The van der Waals surface area contributed by atoms with Gasteiger partial charge in [-0.1, -0.05) is 24.6 Å². The Morgan fingerprint density at radius 1 is 0.925 bits per heavy atom. The van der Waals surface area contributed by atoms with Crippen molar-refractivity contribution in [2.75, 3.05) is 22.1 Å². The Labute approximate surface area is 234 Å². The van der Waals surface area contributed by atoms with Crippen LogP contribution in [0.4, 0.5) is 17.1 Å². The topological polar surface area (TPSA) is 165 Å². The van der Waals surface area contributed by atoms with Crippen LogP contribution in [0.2, 0.25) is 0 Å². The van der Waals surface area contributed by atoms with Gasteiger partial charge in [-0.3, -0.25) is 14.4 Å². The van der Waals surface area contributed by atoms with Crippen molar-refractivity contribution in [1.29, 1.82) is 0 Å². The van der Waals surface area contributed by atoms with Crippen LogP contribution >= 0.6 is 11.6 Å². The summed E-state index contributed by atoms with van der Waals surface area (Å²) in [5, 5.41) is 10.2. The summed E-state index contributed by atoms with van der Waals surface area (Å²) in [5.41, 5.74) is 1.16. The van der Waals surface area contributed by atoms with Crippen LogP contribution in [0.3, 0.4) is 0 Å². The molecular formula is C27H23ClN4O7S. The molecule has 3 amide bonds. The summed E-state index contributed by atoms with van der Waals surface area (Å²) in [7, 11) is -3.85. The molecule has 0 radical (unpaired) electrons. The first-order chi connectivity index (χ1) is 19.0. The van der Waals surface area contributed by atoms with E-state index in [2.05, 4.69) is 10.6 Å². The van der Waals surface area contributed by atoms with E-state index in [0.29, 0.717) is 17.8 Å². The molecule has 0 aromatic heterocycles. The average Bonchev–Trinajstić information content (AvgIpc) is 3.14. The van der Waals surface area contributed by atoms with E-state index in [9.17, 15) is 27.6 Å². The normalized spacial score (nSPS) is 13.4. The Hall–Kier alpha value is -4.52. The molecule has 11 nitrogen and oxygen atoms in total. The highest BCUT2D eigenvalue weighted by Gasteiger charge is 2.39. The Morgan fingerprint density at radius 3 is 2.20 bits per heavy atom. The third kappa shape index (κ3) is 6.20. The van der Waals surface area contributed by atoms with Gasteiger partial charge in [-0.25, -0.2) is 23.3 Å². The predicted octanol–water partition coefficient (Wildman–Crippen LogP) is 3.59. The van der Waals surface area contributed by atoms with Gasteiger partial charge in [0.05, 0.1) is 22.8 Å². The van der Waals surface area contributed by atoms with E-state index >= 15 is 0 Å². The minimum absolute atomic E-state index is 0.0883. The number of ether oxygens (including phenoxy) is 1. The molecule has 206 valence electrons. The minimum Gasteiger partial charge on any atom is -0.462 e. The summed E-state index contributed by atoms with van der Waals surface area (Å²) >= 11 is 6.20. The molecule has 0 aliphatic carbocycles. The highest BCUT2D eigenvalue weighted by Crippen LogP contribution is 2.31. The maximum atomic E-state index is 13.1. The summed E-state index contributed by atoms with van der Waals surface area (Å²) in [6.45, 7) is 2.09. The summed E-state index contributed by atoms with van der Waals surface area (Å²) in [5.74, 6) is -2.54. The van der Waals surface area contributed by atoms with Gasteiger partial charge in [0.2, 0.25) is 10.0 Å². The lowest BCUT2D eigenvalue weighted by Gasteiger charge is -2.16. The van der Waals surface area contributed by atoms with Crippen molar-refractivity contribution in [3.63, 3.8) is 0 Å². The average molecular weight is 583 g/mol. The number of nitrogens with two attached hydrogens (primary N) is 1. The van der Waals surface area contributed by atoms with Crippen molar-refractivity contribution in [3.8, 4) is 0 Å². The molecule has 0 bridgehead atoms. The fourth-order valence-corrected chi connectivity index (χ4v) is 4.40. The van der Waals surface area contributed by atoms with Gasteiger partial charge in [0, 0.05) is 16.9 Å². The minimum atomic E-state index is -3.85. The largest absolute Gasteiger partial charge is 0.462 e. The molecule has 4 rings (SSSR count). The number of amides is 3. The van der Waals surface area contributed by atoms with Crippen LogP contribution < -0.4 is 20.7 Å². The van der Waals surface area contributed by atoms with Gasteiger partial charge in [0.1, 0.15) is 10.7 Å². The molecule has 0 saturated heterocycles. The van der Waals surface area contributed by atoms with Crippen LogP contribution in [-0.4, -0.2) is 38.7 Å². The van der Waals surface area contributed by atoms with Gasteiger partial charge in [-0.05, 0) is 73.2 Å². The summed E-state index contributed by atoms with van der Waals surface area (Å²) in [6.07, 6.45) is 0.645. The van der Waals surface area contributed by atoms with E-state index in [1.807, 2.05) is 6.92 Å². The Bertz CT molecular complexity index is 1640. The van der Waals surface area contributed by atoms with Gasteiger partial charge < -0.3 is 15.4 Å². The van der Waals surface area contributed by atoms with E-state index in [4.69, 9.17) is 21.5 Å². The summed E-state index contributed by atoms with van der Waals surface area (Å²) < 4.78 is 27.9. The quantitative estimate of drug-likeness (QED) is 0.254. The second-order valence-electron chi connectivity index (χ2n) is 8.55. The van der Waals surface area contributed by atoms with Crippen molar-refractivity contribution in [3.05, 3.63) is 94.7 Å². The highest BCUT2D eigenvalue weighted by molar-refractivity contribution is 7.89. The lowest BCUT2D eigenvalue weighted by atomic mass is 10.1. The molecule has 0 fully saturated rings.